The van der Waals surface area contributed by atoms with Gasteiger partial charge in [-0.05, 0) is 0 Å². The Morgan fingerprint density at radius 2 is 1.33 bits per heavy atom. The molecule has 0 aliphatic carbocycles. The van der Waals surface area contributed by atoms with Crippen LogP contribution in [-0.4, -0.2) is 24.2 Å². The van der Waals surface area contributed by atoms with Crippen LogP contribution in [0.5, 0.6) is 0 Å². The Labute approximate surface area is 78.1 Å². The van der Waals surface area contributed by atoms with Gasteiger partial charge >= 0.3 is 24.2 Å². The second-order valence-corrected chi connectivity index (χ2v) is 2.56. The van der Waals surface area contributed by atoms with Crippen LogP contribution in [0.4, 0.5) is 39.5 Å². The Bertz CT molecular complexity index is 209. The largest absolute Gasteiger partial charge is 0.377 e. The predicted octanol–water partition coefficient (Wildman–Crippen LogP) is 3.68. The summed E-state index contributed by atoms with van der Waals surface area (Å²) in [5.74, 6) is -18.1. The van der Waals surface area contributed by atoms with Crippen LogP contribution in [0.15, 0.2) is 0 Å². The lowest BCUT2D eigenvalue weighted by Crippen LogP contribution is -2.57. The first-order valence-corrected chi connectivity index (χ1v) is 3.34. The average Bonchev–Trinajstić information content (AvgIpc) is 2.02. The van der Waals surface area contributed by atoms with Crippen molar-refractivity contribution in [1.82, 2.24) is 0 Å². The second kappa shape index (κ2) is 4.09. The van der Waals surface area contributed by atoms with Crippen molar-refractivity contribution in [3.63, 3.8) is 0 Å². The third-order valence-electron chi connectivity index (χ3n) is 1.49. The van der Waals surface area contributed by atoms with Gasteiger partial charge in [0, 0.05) is 0 Å². The second-order valence-electron chi connectivity index (χ2n) is 2.56. The van der Waals surface area contributed by atoms with Crippen LogP contribution < -0.4 is 0 Å². The van der Waals surface area contributed by atoms with Crippen molar-refractivity contribution >= 4 is 0 Å². The number of hydrogen-bond acceptors (Lipinski definition) is 0. The van der Waals surface area contributed by atoms with Crippen LogP contribution in [0.2, 0.25) is 0 Å². The molecule has 0 aromatic heterocycles. The molecule has 0 saturated heterocycles. The summed E-state index contributed by atoms with van der Waals surface area (Å²) in [5, 5.41) is 0. The van der Waals surface area contributed by atoms with E-state index in [2.05, 4.69) is 0 Å². The normalized spacial score (nSPS) is 14.8. The van der Waals surface area contributed by atoms with Crippen molar-refractivity contribution in [3.8, 4) is 0 Å². The van der Waals surface area contributed by atoms with Crippen LogP contribution >= 0.6 is 0 Å². The van der Waals surface area contributed by atoms with Crippen LogP contribution in [-0.2, 0) is 0 Å². The van der Waals surface area contributed by atoms with E-state index in [1.807, 2.05) is 0 Å². The van der Waals surface area contributed by atoms with E-state index in [9.17, 15) is 39.5 Å². The van der Waals surface area contributed by atoms with E-state index in [1.54, 1.807) is 0 Å². The summed E-state index contributed by atoms with van der Waals surface area (Å²) in [5.41, 5.74) is 0. The summed E-state index contributed by atoms with van der Waals surface area (Å²) in [6.45, 7) is -1.00. The van der Waals surface area contributed by atoms with Crippen LogP contribution in [0.1, 0.15) is 6.42 Å². The van der Waals surface area contributed by atoms with E-state index < -0.39 is 37.3 Å². The van der Waals surface area contributed by atoms with Gasteiger partial charge in [-0.3, -0.25) is 0 Å². The maximum absolute atomic E-state index is 12.3. The van der Waals surface area contributed by atoms with Crippen molar-refractivity contribution < 1.29 is 39.5 Å². The van der Waals surface area contributed by atoms with Crippen LogP contribution in [0.25, 0.3) is 0 Å². The summed E-state index contributed by atoms with van der Waals surface area (Å²) in [4.78, 5) is 0. The van der Waals surface area contributed by atoms with Crippen molar-refractivity contribution in [2.24, 2.45) is 0 Å². The lowest BCUT2D eigenvalue weighted by Gasteiger charge is -2.31. The molecule has 0 bridgehead atoms. The van der Waals surface area contributed by atoms with Crippen molar-refractivity contribution in [2.45, 2.75) is 30.6 Å². The molecule has 0 spiro atoms. The van der Waals surface area contributed by atoms with Crippen molar-refractivity contribution in [1.29, 1.82) is 0 Å². The highest BCUT2D eigenvalue weighted by Crippen LogP contribution is 2.50. The van der Waals surface area contributed by atoms with Gasteiger partial charge in [-0.15, -0.1) is 0 Å². The third-order valence-corrected chi connectivity index (χ3v) is 1.49. The molecule has 91 valence electrons. The minimum atomic E-state index is -6.32. The quantitative estimate of drug-likeness (QED) is 0.650. The summed E-state index contributed by atoms with van der Waals surface area (Å²) >= 11 is 0. The molecule has 1 radical (unpaired) electrons. The zero-order valence-electron chi connectivity index (χ0n) is 6.76. The molecule has 0 fully saturated rings. The molecule has 0 aliphatic rings. The van der Waals surface area contributed by atoms with E-state index in [-0.39, 0.29) is 0 Å². The monoisotopic (exact) mass is 247 g/mol. The molecule has 0 aromatic carbocycles. The molecule has 9 heteroatoms. The molecule has 0 rings (SSSR count). The standard InChI is InChI=1S/C6H4F9/c7-2-1-4(10,11)6(14,15)5(12,13)3(8)9/h2-3H,1H2. The Kier molecular flexibility index (Phi) is 3.92. The SMILES string of the molecule is F[CH]CC(F)(F)C(F)(F)C(F)(F)C(F)F. The molecule has 0 aliphatic heterocycles. The number of hydrogen-bond donors (Lipinski definition) is 0. The number of halogens is 9. The smallest absolute Gasteiger partial charge is 0.244 e. The van der Waals surface area contributed by atoms with Gasteiger partial charge in [0.05, 0.1) is 6.42 Å². The van der Waals surface area contributed by atoms with Gasteiger partial charge in [-0.2, -0.15) is 26.3 Å². The van der Waals surface area contributed by atoms with E-state index in [4.69, 9.17) is 0 Å². The molecule has 0 atom stereocenters. The van der Waals surface area contributed by atoms with E-state index >= 15 is 0 Å². The molecule has 0 N–H and O–H groups in total. The zero-order chi connectivity index (χ0) is 12.5. The number of alkyl halides is 8. The minimum Gasteiger partial charge on any atom is -0.244 e. The van der Waals surface area contributed by atoms with Crippen molar-refractivity contribution in [3.05, 3.63) is 6.67 Å². The summed E-state index contributed by atoms with van der Waals surface area (Å²) in [6, 6.07) is 0. The van der Waals surface area contributed by atoms with Crippen LogP contribution in [0.3, 0.4) is 0 Å². The Hall–Kier alpha value is -0.630. The Morgan fingerprint density at radius 1 is 0.933 bits per heavy atom. The molecule has 0 unspecified atom stereocenters. The first-order valence-electron chi connectivity index (χ1n) is 3.34. The fraction of sp³-hybridized carbons (Fsp3) is 0.833. The maximum Gasteiger partial charge on any atom is 0.377 e. The molecular weight excluding hydrogens is 243 g/mol. The lowest BCUT2D eigenvalue weighted by molar-refractivity contribution is -0.338. The first kappa shape index (κ1) is 14.4. The average molecular weight is 247 g/mol. The fourth-order valence-corrected chi connectivity index (χ4v) is 0.606. The summed E-state index contributed by atoms with van der Waals surface area (Å²) in [6.07, 6.45) is -7.35. The maximum atomic E-state index is 12.3. The van der Waals surface area contributed by atoms with Gasteiger partial charge in [0.2, 0.25) is 0 Å². The molecular formula is C6H4F9. The van der Waals surface area contributed by atoms with Gasteiger partial charge < -0.3 is 0 Å². The zero-order valence-corrected chi connectivity index (χ0v) is 6.76. The fourth-order valence-electron chi connectivity index (χ4n) is 0.606. The molecule has 0 heterocycles. The lowest BCUT2D eigenvalue weighted by atomic mass is 10.0. The van der Waals surface area contributed by atoms with Crippen molar-refractivity contribution in [2.75, 3.05) is 0 Å². The first-order chi connectivity index (χ1) is 6.50. The molecule has 0 saturated carbocycles. The van der Waals surface area contributed by atoms with Gasteiger partial charge in [0.25, 0.3) is 0 Å². The van der Waals surface area contributed by atoms with Gasteiger partial charge in [0.15, 0.2) is 0 Å². The Morgan fingerprint density at radius 3 is 1.60 bits per heavy atom. The molecule has 15 heavy (non-hydrogen) atoms. The molecule has 0 aromatic rings. The van der Waals surface area contributed by atoms with E-state index in [0.717, 1.165) is 0 Å². The topological polar surface area (TPSA) is 0 Å². The Balaban J connectivity index is 5.11. The third kappa shape index (κ3) is 2.31. The molecule has 0 amide bonds. The van der Waals surface area contributed by atoms with E-state index in [1.165, 1.54) is 0 Å². The van der Waals surface area contributed by atoms with E-state index in [0.29, 0.717) is 0 Å². The van der Waals surface area contributed by atoms with Gasteiger partial charge in [-0.1, -0.05) is 0 Å². The number of rotatable bonds is 5. The highest BCUT2D eigenvalue weighted by Gasteiger charge is 2.74. The van der Waals surface area contributed by atoms with Gasteiger partial charge in [-0.25, -0.2) is 13.2 Å². The predicted molar refractivity (Wildman–Crippen MR) is 30.9 cm³/mol. The summed E-state index contributed by atoms with van der Waals surface area (Å²) in [7, 11) is 0. The van der Waals surface area contributed by atoms with Crippen LogP contribution in [0, 0.1) is 6.67 Å². The highest BCUT2D eigenvalue weighted by atomic mass is 19.4. The summed E-state index contributed by atoms with van der Waals surface area (Å²) < 4.78 is 107. The minimum absolute atomic E-state index is 1.00. The van der Waals surface area contributed by atoms with Gasteiger partial charge in [0.1, 0.15) is 6.67 Å². The molecule has 0 nitrogen and oxygen atoms in total. The highest BCUT2D eigenvalue weighted by molar-refractivity contribution is 4.98.